The lowest BCUT2D eigenvalue weighted by atomic mass is 10.1. The molecule has 0 aliphatic carbocycles. The summed E-state index contributed by atoms with van der Waals surface area (Å²) in [5.41, 5.74) is 6.57. The quantitative estimate of drug-likeness (QED) is 0.582. The van der Waals surface area contributed by atoms with Crippen LogP contribution in [-0.2, 0) is 0 Å². The summed E-state index contributed by atoms with van der Waals surface area (Å²) < 4.78 is 5.03. The Hall–Kier alpha value is -2.69. The van der Waals surface area contributed by atoms with E-state index in [1.807, 2.05) is 0 Å². The Kier molecular flexibility index (Phi) is 3.56. The van der Waals surface area contributed by atoms with Crippen LogP contribution in [0.1, 0.15) is 10.4 Å². The number of carbonyl (C=O) groups is 1. The van der Waals surface area contributed by atoms with Gasteiger partial charge in [-0.05, 0) is 36.4 Å². The molecule has 0 aliphatic rings. The van der Waals surface area contributed by atoms with Gasteiger partial charge in [0.1, 0.15) is 11.5 Å². The first-order chi connectivity index (χ1) is 9.11. The average molecular weight is 258 g/mol. The number of aromatic hydroxyl groups is 1. The highest BCUT2D eigenvalue weighted by atomic mass is 16.5. The lowest BCUT2D eigenvalue weighted by molar-refractivity contribution is 0.102. The van der Waals surface area contributed by atoms with E-state index in [-0.39, 0.29) is 22.9 Å². The summed E-state index contributed by atoms with van der Waals surface area (Å²) in [4.78, 5) is 12.0. The number of phenolic OH excluding ortho intramolecular Hbond substituents is 1. The molecular weight excluding hydrogens is 244 g/mol. The second kappa shape index (κ2) is 5.30. The van der Waals surface area contributed by atoms with E-state index < -0.39 is 0 Å². The van der Waals surface area contributed by atoms with Gasteiger partial charge in [-0.3, -0.25) is 4.79 Å². The Labute approximate surface area is 110 Å². The van der Waals surface area contributed by atoms with Crippen LogP contribution in [0.4, 0.5) is 11.4 Å². The number of ether oxygens (including phenoxy) is 1. The Morgan fingerprint density at radius 1 is 1.21 bits per heavy atom. The summed E-state index contributed by atoms with van der Waals surface area (Å²) in [6.07, 6.45) is 0. The number of hydrogen-bond donors (Lipinski definition) is 3. The number of nitrogen functional groups attached to an aromatic ring is 1. The van der Waals surface area contributed by atoms with Crippen LogP contribution in [0.25, 0.3) is 0 Å². The molecule has 0 heterocycles. The number of benzene rings is 2. The Morgan fingerprint density at radius 3 is 2.53 bits per heavy atom. The molecule has 2 rings (SSSR count). The summed E-state index contributed by atoms with van der Waals surface area (Å²) >= 11 is 0. The van der Waals surface area contributed by atoms with Crippen molar-refractivity contribution in [1.29, 1.82) is 0 Å². The van der Waals surface area contributed by atoms with Crippen LogP contribution in [-0.4, -0.2) is 18.1 Å². The van der Waals surface area contributed by atoms with Gasteiger partial charge in [-0.25, -0.2) is 0 Å². The highest BCUT2D eigenvalue weighted by molar-refractivity contribution is 6.08. The molecule has 0 spiro atoms. The van der Waals surface area contributed by atoms with E-state index >= 15 is 0 Å². The zero-order chi connectivity index (χ0) is 13.8. The van der Waals surface area contributed by atoms with E-state index in [1.165, 1.54) is 6.07 Å². The van der Waals surface area contributed by atoms with Crippen LogP contribution >= 0.6 is 0 Å². The van der Waals surface area contributed by atoms with Gasteiger partial charge in [-0.2, -0.15) is 0 Å². The van der Waals surface area contributed by atoms with E-state index in [9.17, 15) is 9.90 Å². The highest BCUT2D eigenvalue weighted by Crippen LogP contribution is 2.24. The van der Waals surface area contributed by atoms with Crippen molar-refractivity contribution in [2.45, 2.75) is 0 Å². The molecule has 5 heteroatoms. The molecule has 2 aromatic carbocycles. The molecule has 1 amide bonds. The minimum absolute atomic E-state index is 0.0634. The highest BCUT2D eigenvalue weighted by Gasteiger charge is 2.12. The standard InChI is InChI=1S/C14H14N2O3/c1-19-10-7-5-9(6-8-10)16-14(18)11-3-2-4-12(17)13(11)15/h2-8,17H,15H2,1H3,(H,16,18). The van der Waals surface area contributed by atoms with E-state index in [0.717, 1.165) is 0 Å². The van der Waals surface area contributed by atoms with Crippen molar-refractivity contribution in [2.24, 2.45) is 0 Å². The molecule has 2 aromatic rings. The van der Waals surface area contributed by atoms with Gasteiger partial charge in [0.25, 0.3) is 5.91 Å². The van der Waals surface area contributed by atoms with Crippen molar-refractivity contribution in [1.82, 2.24) is 0 Å². The minimum atomic E-state index is -0.376. The van der Waals surface area contributed by atoms with E-state index in [1.54, 1.807) is 43.5 Å². The predicted molar refractivity (Wildman–Crippen MR) is 73.5 cm³/mol. The molecule has 0 aromatic heterocycles. The zero-order valence-corrected chi connectivity index (χ0v) is 10.4. The number of amides is 1. The van der Waals surface area contributed by atoms with Crippen LogP contribution in [0.15, 0.2) is 42.5 Å². The number of carbonyl (C=O) groups excluding carboxylic acids is 1. The minimum Gasteiger partial charge on any atom is -0.506 e. The third-order valence-corrected chi connectivity index (χ3v) is 2.68. The number of rotatable bonds is 3. The van der Waals surface area contributed by atoms with Crippen molar-refractivity contribution < 1.29 is 14.6 Å². The number of methoxy groups -OCH3 is 1. The second-order valence-corrected chi connectivity index (χ2v) is 3.92. The van der Waals surface area contributed by atoms with E-state index in [4.69, 9.17) is 10.5 Å². The number of nitrogens with two attached hydrogens (primary N) is 1. The Bertz CT molecular complexity index is 594. The average Bonchev–Trinajstić information content (AvgIpc) is 2.42. The molecule has 0 saturated carbocycles. The summed E-state index contributed by atoms with van der Waals surface area (Å²) in [5, 5.41) is 12.2. The van der Waals surface area contributed by atoms with Crippen LogP contribution in [0, 0.1) is 0 Å². The van der Waals surface area contributed by atoms with Crippen LogP contribution in [0.3, 0.4) is 0 Å². The summed E-state index contributed by atoms with van der Waals surface area (Å²) in [6, 6.07) is 11.5. The fraction of sp³-hybridized carbons (Fsp3) is 0.0714. The Morgan fingerprint density at radius 2 is 1.89 bits per heavy atom. The first kappa shape index (κ1) is 12.8. The SMILES string of the molecule is COc1ccc(NC(=O)c2cccc(O)c2N)cc1. The molecule has 0 unspecified atom stereocenters. The second-order valence-electron chi connectivity index (χ2n) is 3.92. The largest absolute Gasteiger partial charge is 0.506 e. The molecule has 0 fully saturated rings. The maximum atomic E-state index is 12.0. The van der Waals surface area contributed by atoms with Gasteiger partial charge in [0.05, 0.1) is 18.4 Å². The summed E-state index contributed by atoms with van der Waals surface area (Å²) in [6.45, 7) is 0. The number of para-hydroxylation sites is 1. The third kappa shape index (κ3) is 2.77. The monoisotopic (exact) mass is 258 g/mol. The van der Waals surface area contributed by atoms with E-state index in [2.05, 4.69) is 5.32 Å². The van der Waals surface area contributed by atoms with Gasteiger partial charge in [0.2, 0.25) is 0 Å². The molecule has 0 radical (unpaired) electrons. The van der Waals surface area contributed by atoms with Gasteiger partial charge in [-0.15, -0.1) is 0 Å². The first-order valence-electron chi connectivity index (χ1n) is 5.64. The topological polar surface area (TPSA) is 84.6 Å². The van der Waals surface area contributed by atoms with Crippen molar-refractivity contribution >= 4 is 17.3 Å². The van der Waals surface area contributed by atoms with Crippen molar-refractivity contribution in [3.05, 3.63) is 48.0 Å². The Balaban J connectivity index is 2.18. The van der Waals surface area contributed by atoms with E-state index in [0.29, 0.717) is 11.4 Å². The number of nitrogens with one attached hydrogen (secondary N) is 1. The number of anilines is 2. The summed E-state index contributed by atoms with van der Waals surface area (Å²) in [5.74, 6) is 0.218. The molecule has 0 aliphatic heterocycles. The molecule has 5 nitrogen and oxygen atoms in total. The number of phenols is 1. The zero-order valence-electron chi connectivity index (χ0n) is 10.4. The van der Waals surface area contributed by atoms with Gasteiger partial charge in [0, 0.05) is 5.69 Å². The normalized spacial score (nSPS) is 9.95. The predicted octanol–water partition coefficient (Wildman–Crippen LogP) is 2.24. The molecule has 0 saturated heterocycles. The van der Waals surface area contributed by atoms with Crippen molar-refractivity contribution in [3.63, 3.8) is 0 Å². The maximum absolute atomic E-state index is 12.0. The fourth-order valence-corrected chi connectivity index (χ4v) is 1.62. The number of hydrogen-bond acceptors (Lipinski definition) is 4. The smallest absolute Gasteiger partial charge is 0.257 e. The van der Waals surface area contributed by atoms with Crippen LogP contribution in [0.5, 0.6) is 11.5 Å². The van der Waals surface area contributed by atoms with Gasteiger partial charge >= 0.3 is 0 Å². The first-order valence-corrected chi connectivity index (χ1v) is 5.64. The van der Waals surface area contributed by atoms with Gasteiger partial charge in [0.15, 0.2) is 0 Å². The maximum Gasteiger partial charge on any atom is 0.257 e. The van der Waals surface area contributed by atoms with Crippen LogP contribution in [0.2, 0.25) is 0 Å². The fourth-order valence-electron chi connectivity index (χ4n) is 1.62. The van der Waals surface area contributed by atoms with Gasteiger partial charge < -0.3 is 20.9 Å². The van der Waals surface area contributed by atoms with Crippen molar-refractivity contribution in [3.8, 4) is 11.5 Å². The van der Waals surface area contributed by atoms with Crippen molar-refractivity contribution in [2.75, 3.05) is 18.2 Å². The lowest BCUT2D eigenvalue weighted by Crippen LogP contribution is -2.13. The van der Waals surface area contributed by atoms with Gasteiger partial charge in [-0.1, -0.05) is 6.07 Å². The lowest BCUT2D eigenvalue weighted by Gasteiger charge is -2.09. The third-order valence-electron chi connectivity index (χ3n) is 2.68. The molecule has 0 atom stereocenters. The summed E-state index contributed by atoms with van der Waals surface area (Å²) in [7, 11) is 1.57. The van der Waals surface area contributed by atoms with Crippen LogP contribution < -0.4 is 15.8 Å². The molecule has 0 bridgehead atoms. The molecular formula is C14H14N2O3. The molecule has 19 heavy (non-hydrogen) atoms. The molecule has 98 valence electrons. The molecule has 4 N–H and O–H groups in total.